The van der Waals surface area contributed by atoms with Gasteiger partial charge in [0.05, 0.1) is 0 Å². The summed E-state index contributed by atoms with van der Waals surface area (Å²) in [5, 5.41) is 0. The predicted octanol–water partition coefficient (Wildman–Crippen LogP) is 6.46. The lowest BCUT2D eigenvalue weighted by atomic mass is 9.92. The van der Waals surface area contributed by atoms with Gasteiger partial charge in [-0.1, -0.05) is 61.5 Å². The summed E-state index contributed by atoms with van der Waals surface area (Å²) in [5.74, 6) is -4.03. The van der Waals surface area contributed by atoms with Gasteiger partial charge in [0.2, 0.25) is 0 Å². The minimum Gasteiger partial charge on any atom is -0.456 e. The normalized spacial score (nSPS) is 13.2. The van der Waals surface area contributed by atoms with Crippen molar-refractivity contribution in [3.8, 4) is 0 Å². The van der Waals surface area contributed by atoms with E-state index in [1.807, 2.05) is 33.8 Å². The smallest absolute Gasteiger partial charge is 0.380 e. The molecule has 3 aromatic carbocycles. The number of rotatable bonds is 9. The molecule has 0 saturated heterocycles. The van der Waals surface area contributed by atoms with E-state index in [0.29, 0.717) is 11.1 Å². The van der Waals surface area contributed by atoms with Gasteiger partial charge in [0.1, 0.15) is 12.2 Å². The fraction of sp³-hybridized carbons (Fsp3) is 0.333. The van der Waals surface area contributed by atoms with Gasteiger partial charge in [-0.3, -0.25) is 9.59 Å². The lowest BCUT2D eigenvalue weighted by molar-refractivity contribution is -0.154. The molecular weight excluding hydrogens is 492 g/mol. The first-order valence-corrected chi connectivity index (χ1v) is 13.0. The van der Waals surface area contributed by atoms with Crippen molar-refractivity contribution in [1.29, 1.82) is 0 Å². The van der Waals surface area contributed by atoms with Crippen molar-refractivity contribution < 1.29 is 28.7 Å². The Morgan fingerprint density at radius 1 is 0.564 bits per heavy atom. The highest BCUT2D eigenvalue weighted by atomic mass is 16.6. The first-order valence-electron chi connectivity index (χ1n) is 13.0. The summed E-state index contributed by atoms with van der Waals surface area (Å²) in [4.78, 5) is 51.9. The van der Waals surface area contributed by atoms with Gasteiger partial charge < -0.3 is 9.47 Å². The predicted molar refractivity (Wildman–Crippen MR) is 150 cm³/mol. The molecule has 0 aliphatic rings. The van der Waals surface area contributed by atoms with Gasteiger partial charge in [0, 0.05) is 17.0 Å². The van der Waals surface area contributed by atoms with Crippen molar-refractivity contribution in [1.82, 2.24) is 0 Å². The highest BCUT2D eigenvalue weighted by Gasteiger charge is 2.34. The Hall–Kier alpha value is -4.06. The Labute approximate surface area is 230 Å². The first-order chi connectivity index (χ1) is 18.3. The summed E-state index contributed by atoms with van der Waals surface area (Å²) < 4.78 is 11.3. The molecule has 3 unspecified atom stereocenters. The topological polar surface area (TPSA) is 86.7 Å². The van der Waals surface area contributed by atoms with Crippen LogP contribution in [0.2, 0.25) is 0 Å². The Kier molecular flexibility index (Phi) is 9.23. The number of hydrogen-bond acceptors (Lipinski definition) is 6. The molecular formula is C33H36O6. The average Bonchev–Trinajstić information content (AvgIpc) is 2.92. The molecule has 3 atom stereocenters. The molecule has 0 radical (unpaired) electrons. The van der Waals surface area contributed by atoms with Gasteiger partial charge >= 0.3 is 11.9 Å². The van der Waals surface area contributed by atoms with Crippen LogP contribution in [-0.4, -0.2) is 29.6 Å². The van der Waals surface area contributed by atoms with Crippen LogP contribution < -0.4 is 0 Å². The average molecular weight is 529 g/mol. The van der Waals surface area contributed by atoms with Crippen LogP contribution >= 0.6 is 0 Å². The lowest BCUT2D eigenvalue weighted by Crippen LogP contribution is -2.33. The van der Waals surface area contributed by atoms with Gasteiger partial charge in [0.25, 0.3) is 11.6 Å². The minimum absolute atomic E-state index is 0.288. The molecule has 204 valence electrons. The second kappa shape index (κ2) is 12.2. The lowest BCUT2D eigenvalue weighted by Gasteiger charge is -2.28. The highest BCUT2D eigenvalue weighted by molar-refractivity contribution is 6.41. The van der Waals surface area contributed by atoms with E-state index >= 15 is 0 Å². The zero-order chi connectivity index (χ0) is 29.0. The Bertz CT molecular complexity index is 1420. The van der Waals surface area contributed by atoms with Gasteiger partial charge in [0.15, 0.2) is 0 Å². The van der Waals surface area contributed by atoms with E-state index in [1.54, 1.807) is 76.2 Å². The largest absolute Gasteiger partial charge is 0.456 e. The zero-order valence-electron chi connectivity index (χ0n) is 23.9. The molecule has 0 saturated carbocycles. The minimum atomic E-state index is -0.998. The number of hydrogen-bond donors (Lipinski definition) is 0. The molecule has 0 N–H and O–H groups in total. The van der Waals surface area contributed by atoms with Crippen molar-refractivity contribution >= 4 is 23.5 Å². The van der Waals surface area contributed by atoms with Crippen LogP contribution in [0.5, 0.6) is 0 Å². The van der Waals surface area contributed by atoms with E-state index in [4.69, 9.17) is 9.47 Å². The molecule has 0 spiro atoms. The summed E-state index contributed by atoms with van der Waals surface area (Å²) in [6, 6.07) is 15.8. The van der Waals surface area contributed by atoms with Crippen molar-refractivity contribution in [3.63, 3.8) is 0 Å². The number of ketones is 2. The van der Waals surface area contributed by atoms with Crippen molar-refractivity contribution in [2.24, 2.45) is 5.92 Å². The Balaban J connectivity index is 1.82. The van der Waals surface area contributed by atoms with Crippen LogP contribution in [0, 0.1) is 47.5 Å². The molecule has 0 heterocycles. The Morgan fingerprint density at radius 3 is 1.46 bits per heavy atom. The second-order valence-electron chi connectivity index (χ2n) is 10.2. The number of ether oxygens (including phenoxy) is 2. The third-order valence-corrected chi connectivity index (χ3v) is 7.85. The summed E-state index contributed by atoms with van der Waals surface area (Å²) in [6.45, 7) is 14.7. The summed E-state index contributed by atoms with van der Waals surface area (Å²) in [5.41, 5.74) is 6.60. The molecule has 0 fully saturated rings. The first kappa shape index (κ1) is 29.5. The number of carbonyl (C=O) groups is 4. The molecule has 0 bridgehead atoms. The number of esters is 2. The van der Waals surface area contributed by atoms with E-state index in [-0.39, 0.29) is 5.56 Å². The number of aryl methyl sites for hydroxylation is 2. The standard InChI is InChI=1S/C33H36O6/c1-18-14-16-27(22(5)20(18)3)29(34)32(36)38-25(8)24(7)31(26-12-10-9-11-13-26)39-33(37)30(35)28-17-15-19(2)21(4)23(28)6/h9-17,24-25,31H,1-8H3. The van der Waals surface area contributed by atoms with Crippen LogP contribution in [-0.2, 0) is 19.1 Å². The van der Waals surface area contributed by atoms with E-state index in [2.05, 4.69) is 0 Å². The fourth-order valence-electron chi connectivity index (χ4n) is 4.49. The molecule has 3 aromatic rings. The molecule has 0 aromatic heterocycles. The third-order valence-electron chi connectivity index (χ3n) is 7.85. The summed E-state index contributed by atoms with van der Waals surface area (Å²) in [7, 11) is 0. The third kappa shape index (κ3) is 6.33. The molecule has 6 heteroatoms. The second-order valence-corrected chi connectivity index (χ2v) is 10.2. The van der Waals surface area contributed by atoms with Crippen LogP contribution in [0.1, 0.15) is 79.6 Å². The van der Waals surface area contributed by atoms with Crippen LogP contribution in [0.15, 0.2) is 54.6 Å². The van der Waals surface area contributed by atoms with Gasteiger partial charge in [-0.2, -0.15) is 0 Å². The van der Waals surface area contributed by atoms with Gasteiger partial charge in [-0.05, 0) is 87.4 Å². The molecule has 0 aliphatic carbocycles. The van der Waals surface area contributed by atoms with Crippen LogP contribution in [0.25, 0.3) is 0 Å². The number of carbonyl (C=O) groups excluding carboxylic acids is 4. The van der Waals surface area contributed by atoms with Crippen LogP contribution in [0.3, 0.4) is 0 Å². The van der Waals surface area contributed by atoms with Crippen molar-refractivity contribution in [3.05, 3.63) is 105 Å². The van der Waals surface area contributed by atoms with E-state index in [0.717, 1.165) is 33.4 Å². The SMILES string of the molecule is Cc1ccc(C(=O)C(=O)OC(C)C(C)C(OC(=O)C(=O)c2ccc(C)c(C)c2C)c2ccccc2)c(C)c1C. The van der Waals surface area contributed by atoms with Gasteiger partial charge in [-0.25, -0.2) is 9.59 Å². The zero-order valence-corrected chi connectivity index (χ0v) is 23.9. The highest BCUT2D eigenvalue weighted by Crippen LogP contribution is 2.31. The number of Topliss-reactive ketones (excluding diaryl/α,β-unsaturated/α-hetero) is 2. The molecule has 0 amide bonds. The van der Waals surface area contributed by atoms with E-state index < -0.39 is 41.6 Å². The van der Waals surface area contributed by atoms with E-state index in [1.165, 1.54) is 0 Å². The maximum atomic E-state index is 13.1. The van der Waals surface area contributed by atoms with E-state index in [9.17, 15) is 19.2 Å². The fourth-order valence-corrected chi connectivity index (χ4v) is 4.49. The maximum Gasteiger partial charge on any atom is 0.380 e. The Morgan fingerprint density at radius 2 is 1.00 bits per heavy atom. The van der Waals surface area contributed by atoms with Crippen molar-refractivity contribution in [2.75, 3.05) is 0 Å². The van der Waals surface area contributed by atoms with Gasteiger partial charge in [-0.15, -0.1) is 0 Å². The molecule has 0 aliphatic heterocycles. The maximum absolute atomic E-state index is 13.1. The molecule has 39 heavy (non-hydrogen) atoms. The quantitative estimate of drug-likeness (QED) is 0.180. The molecule has 6 nitrogen and oxygen atoms in total. The number of benzene rings is 3. The summed E-state index contributed by atoms with van der Waals surface area (Å²) in [6.07, 6.45) is -1.69. The summed E-state index contributed by atoms with van der Waals surface area (Å²) >= 11 is 0. The van der Waals surface area contributed by atoms with Crippen LogP contribution in [0.4, 0.5) is 0 Å². The molecule has 3 rings (SSSR count). The monoisotopic (exact) mass is 528 g/mol. The van der Waals surface area contributed by atoms with Crippen molar-refractivity contribution in [2.45, 2.75) is 67.6 Å².